The molecule has 0 radical (unpaired) electrons. The normalized spacial score (nSPS) is 20.9. The third-order valence-electron chi connectivity index (χ3n) is 2.29. The van der Waals surface area contributed by atoms with Gasteiger partial charge in [0.25, 0.3) is 0 Å². The number of hydrogen-bond donors (Lipinski definition) is 1. The Bertz CT molecular complexity index is 229. The highest BCUT2D eigenvalue weighted by molar-refractivity contribution is 5.71. The molecule has 1 N–H and O–H groups in total. The second-order valence-corrected chi connectivity index (χ2v) is 3.29. The molecular formula is C9H15NO4. The SMILES string of the molecule is CCOC(=O)N1CCCC1CC(=O)O. The fraction of sp³-hybridized carbons (Fsp3) is 0.778. The van der Waals surface area contributed by atoms with Crippen molar-refractivity contribution in [3.63, 3.8) is 0 Å². The first-order valence-electron chi connectivity index (χ1n) is 4.80. The van der Waals surface area contributed by atoms with Crippen LogP contribution in [0.4, 0.5) is 4.79 Å². The number of likely N-dealkylation sites (tertiary alicyclic amines) is 1. The van der Waals surface area contributed by atoms with Crippen molar-refractivity contribution < 1.29 is 19.4 Å². The van der Waals surface area contributed by atoms with Crippen molar-refractivity contribution in [2.24, 2.45) is 0 Å². The minimum Gasteiger partial charge on any atom is -0.481 e. The second kappa shape index (κ2) is 4.83. The van der Waals surface area contributed by atoms with E-state index in [1.54, 1.807) is 6.92 Å². The first-order chi connectivity index (χ1) is 6.65. The highest BCUT2D eigenvalue weighted by atomic mass is 16.6. The van der Waals surface area contributed by atoms with E-state index in [9.17, 15) is 9.59 Å². The maximum atomic E-state index is 11.3. The predicted molar refractivity (Wildman–Crippen MR) is 49.0 cm³/mol. The molecule has 0 aromatic carbocycles. The Morgan fingerprint density at radius 2 is 2.29 bits per heavy atom. The highest BCUT2D eigenvalue weighted by Gasteiger charge is 2.30. The molecule has 1 saturated heterocycles. The Balaban J connectivity index is 2.50. The van der Waals surface area contributed by atoms with E-state index >= 15 is 0 Å². The molecule has 0 aromatic heterocycles. The number of carboxylic acids is 1. The molecule has 80 valence electrons. The molecule has 0 aromatic rings. The van der Waals surface area contributed by atoms with Gasteiger partial charge in [0.15, 0.2) is 0 Å². The number of aliphatic carboxylic acids is 1. The third-order valence-corrected chi connectivity index (χ3v) is 2.29. The standard InChI is InChI=1S/C9H15NO4/c1-2-14-9(13)10-5-3-4-7(10)6-8(11)12/h7H,2-6H2,1H3,(H,11,12). The largest absolute Gasteiger partial charge is 0.481 e. The van der Waals surface area contributed by atoms with Gasteiger partial charge in [-0.25, -0.2) is 4.79 Å². The van der Waals surface area contributed by atoms with Gasteiger partial charge in [0.1, 0.15) is 0 Å². The van der Waals surface area contributed by atoms with Crippen molar-refractivity contribution in [1.29, 1.82) is 0 Å². The summed E-state index contributed by atoms with van der Waals surface area (Å²) in [5.41, 5.74) is 0. The van der Waals surface area contributed by atoms with Gasteiger partial charge in [-0.15, -0.1) is 0 Å². The molecule has 1 atom stereocenters. The van der Waals surface area contributed by atoms with Crippen LogP contribution in [-0.2, 0) is 9.53 Å². The Kier molecular flexibility index (Phi) is 3.73. The van der Waals surface area contributed by atoms with Crippen LogP contribution in [0, 0.1) is 0 Å². The van der Waals surface area contributed by atoms with E-state index < -0.39 is 12.1 Å². The summed E-state index contributed by atoms with van der Waals surface area (Å²) in [6, 6.07) is -0.188. The molecule has 1 aliphatic heterocycles. The topological polar surface area (TPSA) is 66.8 Å². The Morgan fingerprint density at radius 1 is 1.57 bits per heavy atom. The number of amides is 1. The summed E-state index contributed by atoms with van der Waals surface area (Å²) in [5, 5.41) is 8.62. The predicted octanol–water partition coefficient (Wildman–Crippen LogP) is 1.08. The molecule has 5 heteroatoms. The lowest BCUT2D eigenvalue weighted by molar-refractivity contribution is -0.138. The average molecular weight is 201 g/mol. The van der Waals surface area contributed by atoms with Crippen molar-refractivity contribution in [2.75, 3.05) is 13.2 Å². The van der Waals surface area contributed by atoms with Crippen LogP contribution in [0.1, 0.15) is 26.2 Å². The minimum atomic E-state index is -0.869. The van der Waals surface area contributed by atoms with E-state index in [4.69, 9.17) is 9.84 Å². The maximum Gasteiger partial charge on any atom is 0.410 e. The summed E-state index contributed by atoms with van der Waals surface area (Å²) < 4.78 is 4.83. The lowest BCUT2D eigenvalue weighted by Gasteiger charge is -2.22. The Hall–Kier alpha value is -1.26. The summed E-state index contributed by atoms with van der Waals surface area (Å²) in [7, 11) is 0. The molecule has 14 heavy (non-hydrogen) atoms. The van der Waals surface area contributed by atoms with Gasteiger partial charge in [-0.2, -0.15) is 0 Å². The number of carboxylic acid groups (broad SMARTS) is 1. The van der Waals surface area contributed by atoms with Crippen LogP contribution in [-0.4, -0.2) is 41.3 Å². The van der Waals surface area contributed by atoms with Crippen LogP contribution >= 0.6 is 0 Å². The summed E-state index contributed by atoms with van der Waals surface area (Å²) in [6.45, 7) is 2.67. The first kappa shape index (κ1) is 10.8. The number of ether oxygens (including phenoxy) is 1. The molecule has 1 aliphatic rings. The van der Waals surface area contributed by atoms with Gasteiger partial charge in [0.05, 0.1) is 13.0 Å². The van der Waals surface area contributed by atoms with Gasteiger partial charge in [0, 0.05) is 12.6 Å². The van der Waals surface area contributed by atoms with Gasteiger partial charge in [0.2, 0.25) is 0 Å². The summed E-state index contributed by atoms with van der Waals surface area (Å²) in [6.07, 6.45) is 1.23. The molecule has 0 saturated carbocycles. The molecule has 0 spiro atoms. The molecule has 1 heterocycles. The van der Waals surface area contributed by atoms with E-state index in [0.717, 1.165) is 12.8 Å². The molecular weight excluding hydrogens is 186 g/mol. The second-order valence-electron chi connectivity index (χ2n) is 3.29. The van der Waals surface area contributed by atoms with E-state index in [1.165, 1.54) is 4.90 Å². The molecule has 1 unspecified atom stereocenters. The van der Waals surface area contributed by atoms with Crippen LogP contribution in [0.3, 0.4) is 0 Å². The van der Waals surface area contributed by atoms with Gasteiger partial charge in [-0.05, 0) is 19.8 Å². The van der Waals surface area contributed by atoms with Gasteiger partial charge in [-0.3, -0.25) is 4.79 Å². The van der Waals surface area contributed by atoms with Crippen molar-refractivity contribution in [3.8, 4) is 0 Å². The summed E-state index contributed by atoms with van der Waals surface area (Å²) >= 11 is 0. The number of carbonyl (C=O) groups excluding carboxylic acids is 1. The number of nitrogens with zero attached hydrogens (tertiary/aromatic N) is 1. The smallest absolute Gasteiger partial charge is 0.410 e. The van der Waals surface area contributed by atoms with Crippen LogP contribution in [0.2, 0.25) is 0 Å². The fourth-order valence-corrected chi connectivity index (χ4v) is 1.70. The van der Waals surface area contributed by atoms with E-state index in [-0.39, 0.29) is 12.5 Å². The third kappa shape index (κ3) is 2.61. The Labute approximate surface area is 82.6 Å². The van der Waals surface area contributed by atoms with Gasteiger partial charge < -0.3 is 14.7 Å². The lowest BCUT2D eigenvalue weighted by atomic mass is 10.1. The van der Waals surface area contributed by atoms with Crippen LogP contribution in [0.5, 0.6) is 0 Å². The van der Waals surface area contributed by atoms with Crippen LogP contribution in [0.15, 0.2) is 0 Å². The zero-order valence-electron chi connectivity index (χ0n) is 8.23. The number of rotatable bonds is 3. The quantitative estimate of drug-likeness (QED) is 0.742. The molecule has 1 rings (SSSR count). The van der Waals surface area contributed by atoms with Crippen LogP contribution < -0.4 is 0 Å². The van der Waals surface area contributed by atoms with Gasteiger partial charge >= 0.3 is 12.1 Å². The van der Waals surface area contributed by atoms with Crippen LogP contribution in [0.25, 0.3) is 0 Å². The van der Waals surface area contributed by atoms with E-state index in [2.05, 4.69) is 0 Å². The van der Waals surface area contributed by atoms with Gasteiger partial charge in [-0.1, -0.05) is 0 Å². The average Bonchev–Trinajstić information content (AvgIpc) is 2.51. The molecule has 1 fully saturated rings. The molecule has 0 bridgehead atoms. The fourth-order valence-electron chi connectivity index (χ4n) is 1.70. The number of hydrogen-bond acceptors (Lipinski definition) is 3. The first-order valence-corrected chi connectivity index (χ1v) is 4.80. The van der Waals surface area contributed by atoms with E-state index in [1.807, 2.05) is 0 Å². The molecule has 1 amide bonds. The zero-order chi connectivity index (χ0) is 10.6. The van der Waals surface area contributed by atoms with Crippen molar-refractivity contribution in [2.45, 2.75) is 32.2 Å². The zero-order valence-corrected chi connectivity index (χ0v) is 8.23. The van der Waals surface area contributed by atoms with Crippen molar-refractivity contribution >= 4 is 12.1 Å². The highest BCUT2D eigenvalue weighted by Crippen LogP contribution is 2.20. The maximum absolute atomic E-state index is 11.3. The lowest BCUT2D eigenvalue weighted by Crippen LogP contribution is -2.37. The van der Waals surface area contributed by atoms with E-state index in [0.29, 0.717) is 13.2 Å². The van der Waals surface area contributed by atoms with Crippen molar-refractivity contribution in [1.82, 2.24) is 4.90 Å². The molecule has 0 aliphatic carbocycles. The Morgan fingerprint density at radius 3 is 2.86 bits per heavy atom. The molecule has 5 nitrogen and oxygen atoms in total. The monoisotopic (exact) mass is 201 g/mol. The summed E-state index contributed by atoms with van der Waals surface area (Å²) in [4.78, 5) is 23.4. The number of carbonyl (C=O) groups is 2. The minimum absolute atomic E-state index is 0.0127. The summed E-state index contributed by atoms with van der Waals surface area (Å²) in [5.74, 6) is -0.869. The van der Waals surface area contributed by atoms with Crippen molar-refractivity contribution in [3.05, 3.63) is 0 Å².